The molecule has 0 aromatic carbocycles. The Bertz CT molecular complexity index is 584. The van der Waals surface area contributed by atoms with Gasteiger partial charge in [-0.05, 0) is 25.1 Å². The second kappa shape index (κ2) is 5.33. The van der Waals surface area contributed by atoms with Crippen LogP contribution in [0.5, 0.6) is 0 Å². The van der Waals surface area contributed by atoms with Crippen LogP contribution in [-0.4, -0.2) is 15.9 Å². The van der Waals surface area contributed by atoms with Crippen molar-refractivity contribution in [1.82, 2.24) is 9.97 Å². The smallest absolute Gasteiger partial charge is 0.257 e. The first-order chi connectivity index (χ1) is 8.56. The van der Waals surface area contributed by atoms with Gasteiger partial charge in [-0.3, -0.25) is 9.78 Å². The molecule has 0 bridgehead atoms. The second-order valence-corrected chi connectivity index (χ2v) is 4.42. The third-order valence-corrected chi connectivity index (χ3v) is 2.74. The van der Waals surface area contributed by atoms with E-state index < -0.39 is 0 Å². The summed E-state index contributed by atoms with van der Waals surface area (Å²) in [7, 11) is 0. The summed E-state index contributed by atoms with van der Waals surface area (Å²) >= 11 is 11.6. The van der Waals surface area contributed by atoms with Crippen molar-refractivity contribution < 1.29 is 4.79 Å². The molecule has 92 valence electrons. The van der Waals surface area contributed by atoms with Gasteiger partial charge in [0.25, 0.3) is 5.91 Å². The van der Waals surface area contributed by atoms with Crippen molar-refractivity contribution in [3.8, 4) is 0 Å². The number of aryl methyl sites for hydroxylation is 1. The number of carbonyl (C=O) groups is 1. The van der Waals surface area contributed by atoms with E-state index in [4.69, 9.17) is 23.2 Å². The number of aromatic nitrogens is 2. The van der Waals surface area contributed by atoms with E-state index in [1.54, 1.807) is 18.3 Å². The van der Waals surface area contributed by atoms with Crippen LogP contribution in [-0.2, 0) is 0 Å². The highest BCUT2D eigenvalue weighted by Crippen LogP contribution is 2.19. The first-order valence-corrected chi connectivity index (χ1v) is 5.87. The maximum atomic E-state index is 12.0. The van der Waals surface area contributed by atoms with E-state index in [1.165, 1.54) is 12.3 Å². The van der Waals surface area contributed by atoms with Gasteiger partial charge < -0.3 is 5.32 Å². The number of carbonyl (C=O) groups excluding carboxylic acids is 1. The van der Waals surface area contributed by atoms with Crippen molar-refractivity contribution in [2.45, 2.75) is 6.92 Å². The van der Waals surface area contributed by atoms with Gasteiger partial charge in [0.1, 0.15) is 5.15 Å². The van der Waals surface area contributed by atoms with E-state index in [0.717, 1.165) is 5.69 Å². The molecule has 0 aliphatic heterocycles. The van der Waals surface area contributed by atoms with E-state index in [-0.39, 0.29) is 21.6 Å². The Hall–Kier alpha value is -1.65. The second-order valence-electron chi connectivity index (χ2n) is 3.63. The van der Waals surface area contributed by atoms with E-state index >= 15 is 0 Å². The Balaban J connectivity index is 2.21. The molecule has 18 heavy (non-hydrogen) atoms. The number of pyridine rings is 2. The van der Waals surface area contributed by atoms with Crippen molar-refractivity contribution >= 4 is 34.8 Å². The fourth-order valence-corrected chi connectivity index (χ4v) is 1.67. The van der Waals surface area contributed by atoms with Gasteiger partial charge in [0.15, 0.2) is 0 Å². The van der Waals surface area contributed by atoms with Crippen molar-refractivity contribution in [3.05, 3.63) is 52.0 Å². The topological polar surface area (TPSA) is 54.9 Å². The van der Waals surface area contributed by atoms with E-state index in [1.807, 2.05) is 6.92 Å². The van der Waals surface area contributed by atoms with E-state index in [9.17, 15) is 4.79 Å². The number of hydrogen-bond acceptors (Lipinski definition) is 3. The molecule has 2 heterocycles. The Morgan fingerprint density at radius 1 is 1.22 bits per heavy atom. The summed E-state index contributed by atoms with van der Waals surface area (Å²) in [5.74, 6) is -0.352. The van der Waals surface area contributed by atoms with Crippen LogP contribution in [0.25, 0.3) is 0 Å². The third-order valence-electron chi connectivity index (χ3n) is 2.24. The Morgan fingerprint density at radius 3 is 2.67 bits per heavy atom. The lowest BCUT2D eigenvalue weighted by Gasteiger charge is -2.06. The fraction of sp³-hybridized carbons (Fsp3) is 0.0833. The highest BCUT2D eigenvalue weighted by molar-refractivity contribution is 6.35. The molecule has 0 saturated carbocycles. The summed E-state index contributed by atoms with van der Waals surface area (Å²) in [6.07, 6.45) is 2.91. The number of anilines is 1. The summed E-state index contributed by atoms with van der Waals surface area (Å²) in [5, 5.41) is 3.14. The van der Waals surface area contributed by atoms with Crippen LogP contribution in [0.4, 0.5) is 5.69 Å². The van der Waals surface area contributed by atoms with E-state index in [2.05, 4.69) is 15.3 Å². The average molecular weight is 282 g/mol. The molecule has 0 atom stereocenters. The van der Waals surface area contributed by atoms with Gasteiger partial charge in [0, 0.05) is 11.9 Å². The molecule has 2 aromatic heterocycles. The lowest BCUT2D eigenvalue weighted by molar-refractivity contribution is 0.102. The number of hydrogen-bond donors (Lipinski definition) is 1. The Labute approximate surface area is 114 Å². The van der Waals surface area contributed by atoms with Crippen LogP contribution in [0.2, 0.25) is 10.2 Å². The minimum atomic E-state index is -0.352. The van der Waals surface area contributed by atoms with Crippen molar-refractivity contribution in [2.24, 2.45) is 0 Å². The number of nitrogens with zero attached hydrogens (tertiary/aromatic N) is 2. The van der Waals surface area contributed by atoms with Gasteiger partial charge in [0.2, 0.25) is 0 Å². The van der Waals surface area contributed by atoms with Gasteiger partial charge in [-0.2, -0.15) is 0 Å². The van der Waals surface area contributed by atoms with Crippen LogP contribution in [0.3, 0.4) is 0 Å². The monoisotopic (exact) mass is 281 g/mol. The van der Waals surface area contributed by atoms with Gasteiger partial charge in [-0.15, -0.1) is 0 Å². The molecule has 1 N–H and O–H groups in total. The molecule has 0 spiro atoms. The fourth-order valence-electron chi connectivity index (χ4n) is 1.33. The molecule has 6 heteroatoms. The SMILES string of the molecule is Cc1ccc(NC(=O)c2cc(Cl)ncc2Cl)cn1. The maximum Gasteiger partial charge on any atom is 0.257 e. The first-order valence-electron chi connectivity index (χ1n) is 5.11. The summed E-state index contributed by atoms with van der Waals surface area (Å²) in [4.78, 5) is 19.8. The van der Waals surface area contributed by atoms with Crippen LogP contribution < -0.4 is 5.32 Å². The molecule has 1 amide bonds. The largest absolute Gasteiger partial charge is 0.321 e. The molecule has 2 aromatic rings. The molecule has 0 unspecified atom stereocenters. The van der Waals surface area contributed by atoms with E-state index in [0.29, 0.717) is 5.69 Å². The summed E-state index contributed by atoms with van der Waals surface area (Å²) < 4.78 is 0. The Kier molecular flexibility index (Phi) is 3.79. The Morgan fingerprint density at radius 2 is 2.00 bits per heavy atom. The minimum Gasteiger partial charge on any atom is -0.321 e. The van der Waals surface area contributed by atoms with Gasteiger partial charge >= 0.3 is 0 Å². The van der Waals surface area contributed by atoms with Crippen molar-refractivity contribution in [3.63, 3.8) is 0 Å². The van der Waals surface area contributed by atoms with Crippen LogP contribution >= 0.6 is 23.2 Å². The normalized spacial score (nSPS) is 10.2. The molecule has 0 saturated heterocycles. The molecule has 2 rings (SSSR count). The molecular weight excluding hydrogens is 273 g/mol. The van der Waals surface area contributed by atoms with Crippen LogP contribution in [0, 0.1) is 6.92 Å². The van der Waals surface area contributed by atoms with Gasteiger partial charge in [-0.1, -0.05) is 23.2 Å². The lowest BCUT2D eigenvalue weighted by atomic mass is 10.2. The number of rotatable bonds is 2. The molecule has 0 fully saturated rings. The first kappa shape index (κ1) is 12.8. The predicted octanol–water partition coefficient (Wildman–Crippen LogP) is 3.34. The minimum absolute atomic E-state index is 0.214. The molecule has 0 radical (unpaired) electrons. The summed E-state index contributed by atoms with van der Waals surface area (Å²) in [6, 6.07) is 4.98. The number of halogens is 2. The van der Waals surface area contributed by atoms with Gasteiger partial charge in [0.05, 0.1) is 22.5 Å². The highest BCUT2D eigenvalue weighted by atomic mass is 35.5. The standard InChI is InChI=1S/C12H9Cl2N3O/c1-7-2-3-8(5-15-7)17-12(18)9-4-11(14)16-6-10(9)13/h2-6H,1H3,(H,17,18). The maximum absolute atomic E-state index is 12.0. The molecular formula is C12H9Cl2N3O. The van der Waals surface area contributed by atoms with Crippen LogP contribution in [0.1, 0.15) is 16.1 Å². The predicted molar refractivity (Wildman–Crippen MR) is 71.2 cm³/mol. The quantitative estimate of drug-likeness (QED) is 0.859. The molecule has 0 aliphatic rings. The molecule has 4 nitrogen and oxygen atoms in total. The third kappa shape index (κ3) is 2.97. The van der Waals surface area contributed by atoms with Crippen LogP contribution in [0.15, 0.2) is 30.6 Å². The van der Waals surface area contributed by atoms with Gasteiger partial charge in [-0.25, -0.2) is 4.98 Å². The molecule has 0 aliphatic carbocycles. The highest BCUT2D eigenvalue weighted by Gasteiger charge is 2.12. The zero-order chi connectivity index (χ0) is 13.1. The number of amides is 1. The zero-order valence-corrected chi connectivity index (χ0v) is 11.0. The summed E-state index contributed by atoms with van der Waals surface area (Å²) in [6.45, 7) is 1.87. The number of nitrogens with one attached hydrogen (secondary N) is 1. The average Bonchev–Trinajstić information content (AvgIpc) is 2.35. The van der Waals surface area contributed by atoms with Crippen molar-refractivity contribution in [2.75, 3.05) is 5.32 Å². The lowest BCUT2D eigenvalue weighted by Crippen LogP contribution is -2.13. The zero-order valence-electron chi connectivity index (χ0n) is 9.45. The summed E-state index contributed by atoms with van der Waals surface area (Å²) in [5.41, 5.74) is 1.74. The van der Waals surface area contributed by atoms with Crippen molar-refractivity contribution in [1.29, 1.82) is 0 Å².